The van der Waals surface area contributed by atoms with E-state index in [1.54, 1.807) is 10.8 Å². The van der Waals surface area contributed by atoms with Gasteiger partial charge in [-0.15, -0.1) is 0 Å². The fourth-order valence-electron chi connectivity index (χ4n) is 2.99. The molecule has 0 N–H and O–H groups in total. The maximum atomic E-state index is 12.7. The number of nitrogens with zero attached hydrogens (tertiary/aromatic N) is 4. The van der Waals surface area contributed by atoms with Crippen molar-refractivity contribution in [2.75, 3.05) is 0 Å². The molecule has 2 rings (SSSR count). The van der Waals surface area contributed by atoms with Crippen LogP contribution in [-0.2, 0) is 13.0 Å². The first-order chi connectivity index (χ1) is 11.8. The van der Waals surface area contributed by atoms with Crippen LogP contribution in [0.1, 0.15) is 55.9 Å². The fourth-order valence-corrected chi connectivity index (χ4v) is 2.99. The Kier molecular flexibility index (Phi) is 6.34. The average molecular weight is 342 g/mol. The molecule has 0 amide bonds. The average Bonchev–Trinajstić information content (AvgIpc) is 2.78. The van der Waals surface area contributed by atoms with E-state index in [1.807, 2.05) is 39.0 Å². The van der Waals surface area contributed by atoms with Crippen LogP contribution in [-0.4, -0.2) is 26.3 Å². The summed E-state index contributed by atoms with van der Waals surface area (Å²) in [6.07, 6.45) is 2.95. The maximum Gasteiger partial charge on any atom is 0.232 e. The van der Waals surface area contributed by atoms with Crippen molar-refractivity contribution in [2.45, 2.75) is 67.0 Å². The third-order valence-corrected chi connectivity index (χ3v) is 4.16. The van der Waals surface area contributed by atoms with Crippen LogP contribution >= 0.6 is 0 Å². The first-order valence-electron chi connectivity index (χ1n) is 9.07. The molecule has 136 valence electrons. The van der Waals surface area contributed by atoms with Crippen LogP contribution in [0, 0.1) is 19.8 Å². The number of aryl methyl sites for hydroxylation is 1. The van der Waals surface area contributed by atoms with Crippen LogP contribution in [0.3, 0.4) is 0 Å². The highest BCUT2D eigenvalue weighted by molar-refractivity contribution is 5.78. The number of rotatable bonds is 6. The first-order valence-corrected chi connectivity index (χ1v) is 9.07. The molecule has 0 spiro atoms. The molecule has 25 heavy (non-hydrogen) atoms. The summed E-state index contributed by atoms with van der Waals surface area (Å²) in [4.78, 5) is 17.2. The Bertz CT molecular complexity index is 796. The molecule has 0 saturated heterocycles. The highest BCUT2D eigenvalue weighted by atomic mass is 16.2. The van der Waals surface area contributed by atoms with Gasteiger partial charge in [-0.25, -0.2) is 0 Å². The molecule has 0 aliphatic rings. The summed E-state index contributed by atoms with van der Waals surface area (Å²) < 4.78 is 3.72. The molecule has 5 heteroatoms. The number of carbonyl (C=O) groups excluding carboxylic acids is 1. The minimum Gasteiger partial charge on any atom is -0.274 e. The van der Waals surface area contributed by atoms with Gasteiger partial charge in [-0.1, -0.05) is 19.9 Å². The van der Waals surface area contributed by atoms with Gasteiger partial charge in [-0.05, 0) is 57.7 Å². The Hall–Kier alpha value is -2.17. The van der Waals surface area contributed by atoms with Crippen LogP contribution in [0.5, 0.6) is 0 Å². The Morgan fingerprint density at radius 2 is 1.92 bits per heavy atom. The van der Waals surface area contributed by atoms with Crippen molar-refractivity contribution in [3.05, 3.63) is 46.8 Å². The van der Waals surface area contributed by atoms with Crippen molar-refractivity contribution < 1.29 is 4.79 Å². The Morgan fingerprint density at radius 1 is 1.20 bits per heavy atom. The van der Waals surface area contributed by atoms with Crippen LogP contribution in [0.15, 0.2) is 29.4 Å². The van der Waals surface area contributed by atoms with Gasteiger partial charge in [0.25, 0.3) is 0 Å². The van der Waals surface area contributed by atoms with E-state index in [0.29, 0.717) is 24.2 Å². The summed E-state index contributed by atoms with van der Waals surface area (Å²) in [5, 5.41) is 4.64. The molecule has 0 aliphatic carbocycles. The van der Waals surface area contributed by atoms with Gasteiger partial charge < -0.3 is 0 Å². The van der Waals surface area contributed by atoms with Crippen molar-refractivity contribution >= 4 is 5.91 Å². The monoisotopic (exact) mass is 342 g/mol. The first kappa shape index (κ1) is 19.2. The normalized spacial score (nSPS) is 12.4. The van der Waals surface area contributed by atoms with Crippen molar-refractivity contribution in [2.24, 2.45) is 10.9 Å². The summed E-state index contributed by atoms with van der Waals surface area (Å²) in [6, 6.07) is 5.82. The van der Waals surface area contributed by atoms with Crippen LogP contribution in [0.4, 0.5) is 0 Å². The number of pyridine rings is 1. The molecule has 0 bridgehead atoms. The lowest BCUT2D eigenvalue weighted by atomic mass is 10.1. The second-order valence-corrected chi connectivity index (χ2v) is 7.27. The van der Waals surface area contributed by atoms with Gasteiger partial charge in [-0.3, -0.25) is 19.0 Å². The van der Waals surface area contributed by atoms with E-state index in [-0.39, 0.29) is 11.9 Å². The third-order valence-electron chi connectivity index (χ3n) is 4.16. The summed E-state index contributed by atoms with van der Waals surface area (Å²) in [7, 11) is 0. The van der Waals surface area contributed by atoms with E-state index in [2.05, 4.69) is 35.5 Å². The molecular weight excluding hydrogens is 312 g/mol. The number of hydrogen-bond acceptors (Lipinski definition) is 3. The van der Waals surface area contributed by atoms with E-state index < -0.39 is 0 Å². The van der Waals surface area contributed by atoms with Gasteiger partial charge in [0, 0.05) is 30.9 Å². The van der Waals surface area contributed by atoms with Gasteiger partial charge in [0.05, 0.1) is 5.69 Å². The minimum atomic E-state index is 0.0652. The lowest BCUT2D eigenvalue weighted by Crippen LogP contribution is -2.27. The second kappa shape index (κ2) is 8.28. The topological polar surface area (TPSA) is 52.2 Å². The molecule has 0 aliphatic heterocycles. The highest BCUT2D eigenvalue weighted by Gasteiger charge is 2.14. The zero-order chi connectivity index (χ0) is 18.6. The zero-order valence-corrected chi connectivity index (χ0v) is 16.3. The van der Waals surface area contributed by atoms with Crippen molar-refractivity contribution in [1.29, 1.82) is 0 Å². The third kappa shape index (κ3) is 4.91. The smallest absolute Gasteiger partial charge is 0.232 e. The Labute approximate surface area is 150 Å². The van der Waals surface area contributed by atoms with Gasteiger partial charge >= 0.3 is 0 Å². The summed E-state index contributed by atoms with van der Waals surface area (Å²) >= 11 is 0. The quantitative estimate of drug-likeness (QED) is 0.806. The van der Waals surface area contributed by atoms with Gasteiger partial charge in [0.2, 0.25) is 5.91 Å². The van der Waals surface area contributed by atoms with Crippen molar-refractivity contribution in [3.8, 4) is 0 Å². The summed E-state index contributed by atoms with van der Waals surface area (Å²) in [6.45, 7) is 13.4. The fraction of sp³-hybridized carbons (Fsp3) is 0.550. The molecule has 0 atom stereocenters. The van der Waals surface area contributed by atoms with E-state index >= 15 is 0 Å². The summed E-state index contributed by atoms with van der Waals surface area (Å²) in [5.74, 6) is 0.614. The SMILES string of the molecule is Cc1nn(CC(C)C)c(C)c1CCC(=O)n1ccccc1=NC(C)C. The molecule has 5 nitrogen and oxygen atoms in total. The number of carbonyl (C=O) groups is 1. The molecular formula is C20H30N4O. The lowest BCUT2D eigenvalue weighted by Gasteiger charge is -2.09. The van der Waals surface area contributed by atoms with Gasteiger partial charge in [0.15, 0.2) is 0 Å². The predicted molar refractivity (Wildman–Crippen MR) is 101 cm³/mol. The van der Waals surface area contributed by atoms with Gasteiger partial charge in [0.1, 0.15) is 5.49 Å². The molecule has 2 heterocycles. The zero-order valence-electron chi connectivity index (χ0n) is 16.3. The maximum absolute atomic E-state index is 12.7. The van der Waals surface area contributed by atoms with Gasteiger partial charge in [-0.2, -0.15) is 5.10 Å². The molecule has 0 radical (unpaired) electrons. The highest BCUT2D eigenvalue weighted by Crippen LogP contribution is 2.16. The van der Waals surface area contributed by atoms with Crippen LogP contribution < -0.4 is 5.49 Å². The largest absolute Gasteiger partial charge is 0.274 e. The standard InChI is InChI=1S/C20H30N4O/c1-14(2)13-24-17(6)18(16(5)22-24)10-11-20(25)23-12-8-7-9-19(23)21-15(3)4/h7-9,12,14-15H,10-11,13H2,1-6H3. The molecule has 0 saturated carbocycles. The van der Waals surface area contributed by atoms with Crippen LogP contribution in [0.25, 0.3) is 0 Å². The molecule has 0 aromatic carbocycles. The van der Waals surface area contributed by atoms with E-state index in [1.165, 1.54) is 11.3 Å². The summed E-state index contributed by atoms with van der Waals surface area (Å²) in [5.41, 5.74) is 4.10. The number of hydrogen-bond donors (Lipinski definition) is 0. The predicted octanol–water partition coefficient (Wildman–Crippen LogP) is 3.54. The van der Waals surface area contributed by atoms with E-state index in [4.69, 9.17) is 0 Å². The lowest BCUT2D eigenvalue weighted by molar-refractivity contribution is 0.0897. The van der Waals surface area contributed by atoms with Crippen molar-refractivity contribution in [3.63, 3.8) is 0 Å². The van der Waals surface area contributed by atoms with Crippen molar-refractivity contribution in [1.82, 2.24) is 14.3 Å². The minimum absolute atomic E-state index is 0.0652. The second-order valence-electron chi connectivity index (χ2n) is 7.27. The van der Waals surface area contributed by atoms with E-state index in [9.17, 15) is 4.79 Å². The molecule has 2 aromatic rings. The Morgan fingerprint density at radius 3 is 2.56 bits per heavy atom. The number of aromatic nitrogens is 3. The molecule has 0 unspecified atom stereocenters. The molecule has 0 fully saturated rings. The Balaban J connectivity index is 2.18. The van der Waals surface area contributed by atoms with E-state index in [0.717, 1.165) is 12.2 Å². The van der Waals surface area contributed by atoms with Crippen LogP contribution in [0.2, 0.25) is 0 Å². The molecule has 2 aromatic heterocycles.